The summed E-state index contributed by atoms with van der Waals surface area (Å²) < 4.78 is 40.0. The Bertz CT molecular complexity index is 1180. The van der Waals surface area contributed by atoms with Crippen molar-refractivity contribution < 1.29 is 22.4 Å². The molecular formula is C26H33ClFN3O4S. The number of nitrogens with zero attached hydrogens (tertiary/aromatic N) is 2. The molecule has 196 valence electrons. The predicted octanol–water partition coefficient (Wildman–Crippen LogP) is 4.42. The van der Waals surface area contributed by atoms with Gasteiger partial charge >= 0.3 is 0 Å². The molecule has 10 heteroatoms. The number of amides is 2. The number of aryl methyl sites for hydroxylation is 1. The molecule has 2 aromatic rings. The van der Waals surface area contributed by atoms with E-state index in [0.29, 0.717) is 28.3 Å². The monoisotopic (exact) mass is 537 g/mol. The molecule has 0 bridgehead atoms. The number of anilines is 1. The number of hydrogen-bond donors (Lipinski definition) is 1. The molecule has 2 aromatic carbocycles. The number of rotatable bonds is 10. The van der Waals surface area contributed by atoms with Gasteiger partial charge in [-0.25, -0.2) is 12.8 Å². The molecule has 0 unspecified atom stereocenters. The van der Waals surface area contributed by atoms with Gasteiger partial charge in [-0.2, -0.15) is 0 Å². The third-order valence-corrected chi connectivity index (χ3v) is 7.83. The summed E-state index contributed by atoms with van der Waals surface area (Å²) in [5, 5.41) is 3.39. The lowest BCUT2D eigenvalue weighted by Crippen LogP contribution is -2.53. The van der Waals surface area contributed by atoms with Crippen LogP contribution >= 0.6 is 11.6 Å². The van der Waals surface area contributed by atoms with Crippen LogP contribution in [0.25, 0.3) is 0 Å². The van der Waals surface area contributed by atoms with Gasteiger partial charge in [0.25, 0.3) is 0 Å². The molecule has 1 fully saturated rings. The third-order valence-electron chi connectivity index (χ3n) is 6.47. The number of halogens is 2. The van der Waals surface area contributed by atoms with Crippen molar-refractivity contribution in [1.29, 1.82) is 0 Å². The van der Waals surface area contributed by atoms with Crippen molar-refractivity contribution in [1.82, 2.24) is 10.2 Å². The van der Waals surface area contributed by atoms with Gasteiger partial charge in [0.2, 0.25) is 21.8 Å². The maximum atomic E-state index is 13.7. The first kappa shape index (κ1) is 27.9. The number of sulfonamides is 1. The minimum absolute atomic E-state index is 0.0296. The Morgan fingerprint density at radius 2 is 1.78 bits per heavy atom. The molecule has 1 atom stereocenters. The molecule has 0 heterocycles. The van der Waals surface area contributed by atoms with E-state index in [-0.39, 0.29) is 18.5 Å². The predicted molar refractivity (Wildman–Crippen MR) is 140 cm³/mol. The van der Waals surface area contributed by atoms with Crippen molar-refractivity contribution >= 4 is 39.1 Å². The molecule has 1 aliphatic rings. The molecular weight excluding hydrogens is 505 g/mol. The van der Waals surface area contributed by atoms with Crippen LogP contribution in [0.1, 0.15) is 50.2 Å². The normalized spacial score (nSPS) is 14.9. The van der Waals surface area contributed by atoms with E-state index in [1.807, 2.05) is 0 Å². The molecule has 0 aliphatic heterocycles. The van der Waals surface area contributed by atoms with E-state index in [4.69, 9.17) is 11.6 Å². The fraction of sp³-hybridized carbons (Fsp3) is 0.462. The highest BCUT2D eigenvalue weighted by Gasteiger charge is 2.33. The molecule has 0 aromatic heterocycles. The van der Waals surface area contributed by atoms with Crippen LogP contribution in [0.2, 0.25) is 5.02 Å². The van der Waals surface area contributed by atoms with Gasteiger partial charge in [0.1, 0.15) is 18.4 Å². The van der Waals surface area contributed by atoms with E-state index in [1.54, 1.807) is 38.1 Å². The minimum Gasteiger partial charge on any atom is -0.352 e. The smallest absolute Gasteiger partial charge is 0.244 e. The second kappa shape index (κ2) is 12.1. The maximum absolute atomic E-state index is 13.7. The van der Waals surface area contributed by atoms with Crippen LogP contribution in [-0.2, 0) is 26.2 Å². The molecule has 1 N–H and O–H groups in total. The third kappa shape index (κ3) is 7.20. The topological polar surface area (TPSA) is 86.8 Å². The van der Waals surface area contributed by atoms with Gasteiger partial charge < -0.3 is 10.2 Å². The Balaban J connectivity index is 1.94. The fourth-order valence-electron chi connectivity index (χ4n) is 4.52. The SMILES string of the molecule is CC[C@@H](C(=O)NC1CCCC1)N(Cc1ccc(F)cc1)C(=O)CN(c1cc(Cl)ccc1C)S(C)(=O)=O. The summed E-state index contributed by atoms with van der Waals surface area (Å²) in [7, 11) is -3.86. The molecule has 1 saturated carbocycles. The molecule has 0 spiro atoms. The highest BCUT2D eigenvalue weighted by molar-refractivity contribution is 7.92. The first-order valence-electron chi connectivity index (χ1n) is 12.1. The lowest BCUT2D eigenvalue weighted by atomic mass is 10.1. The number of benzene rings is 2. The van der Waals surface area contributed by atoms with Crippen molar-refractivity contribution in [2.75, 3.05) is 17.1 Å². The fourth-order valence-corrected chi connectivity index (χ4v) is 5.58. The standard InChI is InChI=1S/C26H33ClFN3O4S/c1-4-23(26(33)29-22-7-5-6-8-22)30(16-19-10-13-21(28)14-11-19)25(32)17-31(36(3,34)35)24-15-20(27)12-9-18(24)2/h9-15,22-23H,4-8,16-17H2,1-3H3,(H,29,33)/t23-/m0/s1. The Hall–Kier alpha value is -2.65. The quantitative estimate of drug-likeness (QED) is 0.486. The van der Waals surface area contributed by atoms with Gasteiger partial charge in [-0.15, -0.1) is 0 Å². The second-order valence-electron chi connectivity index (χ2n) is 9.26. The number of nitrogens with one attached hydrogen (secondary N) is 1. The van der Waals surface area contributed by atoms with Crippen LogP contribution in [0.5, 0.6) is 0 Å². The summed E-state index contributed by atoms with van der Waals surface area (Å²) in [6.45, 7) is 3.06. The van der Waals surface area contributed by atoms with Gasteiger partial charge in [0, 0.05) is 17.6 Å². The van der Waals surface area contributed by atoms with E-state index in [1.165, 1.54) is 23.1 Å². The Morgan fingerprint density at radius 1 is 1.14 bits per heavy atom. The first-order chi connectivity index (χ1) is 17.0. The van der Waals surface area contributed by atoms with Crippen molar-refractivity contribution in [3.63, 3.8) is 0 Å². The summed E-state index contributed by atoms with van der Waals surface area (Å²) >= 11 is 6.13. The number of hydrogen-bond acceptors (Lipinski definition) is 4. The van der Waals surface area contributed by atoms with Crippen molar-refractivity contribution in [3.05, 3.63) is 64.4 Å². The molecule has 0 saturated heterocycles. The zero-order valence-electron chi connectivity index (χ0n) is 20.8. The number of carbonyl (C=O) groups excluding carboxylic acids is 2. The van der Waals surface area contributed by atoms with E-state index in [0.717, 1.165) is 36.2 Å². The van der Waals surface area contributed by atoms with Gasteiger partial charge in [-0.3, -0.25) is 13.9 Å². The zero-order valence-corrected chi connectivity index (χ0v) is 22.4. The molecule has 3 rings (SSSR count). The molecule has 36 heavy (non-hydrogen) atoms. The average molecular weight is 538 g/mol. The van der Waals surface area contributed by atoms with Gasteiger partial charge in [-0.05, 0) is 61.6 Å². The van der Waals surface area contributed by atoms with E-state index in [9.17, 15) is 22.4 Å². The lowest BCUT2D eigenvalue weighted by Gasteiger charge is -2.33. The summed E-state index contributed by atoms with van der Waals surface area (Å²) in [5.41, 5.74) is 1.55. The summed E-state index contributed by atoms with van der Waals surface area (Å²) in [6, 6.07) is 9.75. The highest BCUT2D eigenvalue weighted by Crippen LogP contribution is 2.27. The maximum Gasteiger partial charge on any atom is 0.244 e. The summed E-state index contributed by atoms with van der Waals surface area (Å²) in [5.74, 6) is -1.23. The van der Waals surface area contributed by atoms with Crippen molar-refractivity contribution in [2.45, 2.75) is 64.6 Å². The average Bonchev–Trinajstić information content (AvgIpc) is 3.32. The highest BCUT2D eigenvalue weighted by atomic mass is 35.5. The largest absolute Gasteiger partial charge is 0.352 e. The van der Waals surface area contributed by atoms with Gasteiger partial charge in [-0.1, -0.05) is 49.6 Å². The van der Waals surface area contributed by atoms with Gasteiger partial charge in [0.05, 0.1) is 11.9 Å². The molecule has 1 aliphatic carbocycles. The van der Waals surface area contributed by atoms with Gasteiger partial charge in [0.15, 0.2) is 0 Å². The summed E-state index contributed by atoms with van der Waals surface area (Å²) in [4.78, 5) is 28.4. The minimum atomic E-state index is -3.86. The zero-order chi connectivity index (χ0) is 26.5. The van der Waals surface area contributed by atoms with E-state index in [2.05, 4.69) is 5.32 Å². The van der Waals surface area contributed by atoms with Crippen LogP contribution in [-0.4, -0.2) is 50.0 Å². The Labute approximate surface area is 217 Å². The second-order valence-corrected chi connectivity index (χ2v) is 11.6. The molecule has 2 amide bonds. The lowest BCUT2D eigenvalue weighted by molar-refractivity contribution is -0.140. The molecule has 7 nitrogen and oxygen atoms in total. The van der Waals surface area contributed by atoms with Crippen LogP contribution in [0, 0.1) is 12.7 Å². The first-order valence-corrected chi connectivity index (χ1v) is 14.3. The van der Waals surface area contributed by atoms with Crippen LogP contribution in [0.4, 0.5) is 10.1 Å². The molecule has 0 radical (unpaired) electrons. The van der Waals surface area contributed by atoms with E-state index >= 15 is 0 Å². The van der Waals surface area contributed by atoms with Crippen LogP contribution in [0.3, 0.4) is 0 Å². The van der Waals surface area contributed by atoms with Crippen LogP contribution in [0.15, 0.2) is 42.5 Å². The van der Waals surface area contributed by atoms with Crippen LogP contribution < -0.4 is 9.62 Å². The summed E-state index contributed by atoms with van der Waals surface area (Å²) in [6.07, 6.45) is 5.23. The Morgan fingerprint density at radius 3 is 2.36 bits per heavy atom. The number of carbonyl (C=O) groups is 2. The van der Waals surface area contributed by atoms with Crippen molar-refractivity contribution in [3.8, 4) is 0 Å². The van der Waals surface area contributed by atoms with E-state index < -0.39 is 34.3 Å². The Kier molecular flexibility index (Phi) is 9.35. The van der Waals surface area contributed by atoms with Crippen molar-refractivity contribution in [2.24, 2.45) is 0 Å².